The number of nitriles is 1. The molecule has 1 N–H and O–H groups in total. The molecule has 0 aromatic carbocycles. The summed E-state index contributed by atoms with van der Waals surface area (Å²) >= 11 is 0. The Labute approximate surface area is 179 Å². The zero-order valence-electron chi connectivity index (χ0n) is 18.5. The third kappa shape index (κ3) is 5.97. The molecule has 1 aliphatic carbocycles. The minimum Gasteiger partial charge on any atom is -0.476 e. The van der Waals surface area contributed by atoms with Gasteiger partial charge in [-0.2, -0.15) is 10.2 Å². The van der Waals surface area contributed by atoms with Gasteiger partial charge in [-0.1, -0.05) is 19.8 Å². The van der Waals surface area contributed by atoms with Crippen molar-refractivity contribution >= 4 is 12.0 Å². The van der Waals surface area contributed by atoms with Crippen LogP contribution < -0.4 is 10.1 Å². The van der Waals surface area contributed by atoms with Gasteiger partial charge in [0.25, 0.3) is 0 Å². The maximum Gasteiger partial charge on any atom is 0.410 e. The lowest BCUT2D eigenvalue weighted by molar-refractivity contribution is 0.0210. The standard InChI is InChI=1S/C22H33N5O3/c1-21(2,3)30-20(28)27-11-7-17(8-12-27)25-19-24-14-16(13-23)18(26-19)29-15-22(4)9-5-6-10-22/h14,17H,5-12,15H2,1-4H3,(H,24,25,26). The molecular weight excluding hydrogens is 382 g/mol. The summed E-state index contributed by atoms with van der Waals surface area (Å²) in [4.78, 5) is 22.7. The van der Waals surface area contributed by atoms with E-state index >= 15 is 0 Å². The molecule has 1 aliphatic heterocycles. The second kappa shape index (κ2) is 9.07. The van der Waals surface area contributed by atoms with Crippen LogP contribution in [-0.4, -0.2) is 52.3 Å². The van der Waals surface area contributed by atoms with Crippen LogP contribution in [0.3, 0.4) is 0 Å². The molecule has 0 unspecified atom stereocenters. The number of likely N-dealkylation sites (tertiary alicyclic amines) is 1. The monoisotopic (exact) mass is 415 g/mol. The average molecular weight is 416 g/mol. The summed E-state index contributed by atoms with van der Waals surface area (Å²) in [6, 6.07) is 2.27. The minimum atomic E-state index is -0.492. The molecule has 2 aliphatic rings. The van der Waals surface area contributed by atoms with Gasteiger partial charge in [-0.25, -0.2) is 9.78 Å². The Bertz CT molecular complexity index is 785. The van der Waals surface area contributed by atoms with Gasteiger partial charge in [-0.15, -0.1) is 0 Å². The minimum absolute atomic E-state index is 0.150. The van der Waals surface area contributed by atoms with Crippen molar-refractivity contribution in [2.24, 2.45) is 5.41 Å². The molecule has 0 radical (unpaired) electrons. The van der Waals surface area contributed by atoms with Crippen LogP contribution in [0.15, 0.2) is 6.20 Å². The number of amides is 1. The third-order valence-corrected chi connectivity index (χ3v) is 5.72. The number of carbonyl (C=O) groups excluding carboxylic acids is 1. The quantitative estimate of drug-likeness (QED) is 0.772. The Morgan fingerprint density at radius 2 is 2.00 bits per heavy atom. The fourth-order valence-corrected chi connectivity index (χ4v) is 3.95. The molecular formula is C22H33N5O3. The fourth-order valence-electron chi connectivity index (χ4n) is 3.95. The molecule has 2 heterocycles. The second-order valence-electron chi connectivity index (χ2n) is 9.72. The summed E-state index contributed by atoms with van der Waals surface area (Å²) in [5.74, 6) is 0.797. The molecule has 0 spiro atoms. The summed E-state index contributed by atoms with van der Waals surface area (Å²) in [7, 11) is 0. The van der Waals surface area contributed by atoms with E-state index in [0.29, 0.717) is 37.1 Å². The van der Waals surface area contributed by atoms with E-state index in [1.807, 2.05) is 20.8 Å². The number of hydrogen-bond acceptors (Lipinski definition) is 7. The number of hydrogen-bond donors (Lipinski definition) is 1. The number of ether oxygens (including phenoxy) is 2. The number of aromatic nitrogens is 2. The summed E-state index contributed by atoms with van der Waals surface area (Å²) in [5.41, 5.74) is 0.00992. The molecule has 30 heavy (non-hydrogen) atoms. The number of rotatable bonds is 5. The van der Waals surface area contributed by atoms with E-state index in [9.17, 15) is 10.1 Å². The van der Waals surface area contributed by atoms with Crippen molar-refractivity contribution < 1.29 is 14.3 Å². The Balaban J connectivity index is 1.55. The first-order valence-electron chi connectivity index (χ1n) is 10.8. The topological polar surface area (TPSA) is 100 Å². The van der Waals surface area contributed by atoms with E-state index in [2.05, 4.69) is 28.3 Å². The number of nitrogens with one attached hydrogen (secondary N) is 1. The second-order valence-corrected chi connectivity index (χ2v) is 9.72. The largest absolute Gasteiger partial charge is 0.476 e. The van der Waals surface area contributed by atoms with Crippen LogP contribution in [-0.2, 0) is 4.74 Å². The van der Waals surface area contributed by atoms with Gasteiger partial charge in [0.2, 0.25) is 11.8 Å². The van der Waals surface area contributed by atoms with Crippen LogP contribution in [0.1, 0.15) is 71.8 Å². The molecule has 164 valence electrons. The molecule has 8 nitrogen and oxygen atoms in total. The molecule has 1 saturated heterocycles. The highest BCUT2D eigenvalue weighted by molar-refractivity contribution is 5.68. The normalized spacial score (nSPS) is 19.2. The number of anilines is 1. The van der Waals surface area contributed by atoms with Crippen molar-refractivity contribution in [2.75, 3.05) is 25.0 Å². The summed E-state index contributed by atoms with van der Waals surface area (Å²) in [6.45, 7) is 9.63. The van der Waals surface area contributed by atoms with E-state index < -0.39 is 5.60 Å². The van der Waals surface area contributed by atoms with Gasteiger partial charge in [0.1, 0.15) is 17.2 Å². The van der Waals surface area contributed by atoms with E-state index in [1.165, 1.54) is 19.0 Å². The van der Waals surface area contributed by atoms with Crippen molar-refractivity contribution in [1.82, 2.24) is 14.9 Å². The lowest BCUT2D eigenvalue weighted by Gasteiger charge is -2.33. The lowest BCUT2D eigenvalue weighted by atomic mass is 9.90. The Kier molecular flexibility index (Phi) is 6.69. The fraction of sp³-hybridized carbons (Fsp3) is 0.727. The van der Waals surface area contributed by atoms with Gasteiger partial charge in [0.15, 0.2) is 0 Å². The first-order chi connectivity index (χ1) is 14.2. The predicted octanol–water partition coefficient (Wildman–Crippen LogP) is 4.12. The Morgan fingerprint density at radius 1 is 1.33 bits per heavy atom. The van der Waals surface area contributed by atoms with Crippen molar-refractivity contribution in [1.29, 1.82) is 5.26 Å². The van der Waals surface area contributed by atoms with Crippen LogP contribution in [0.5, 0.6) is 5.88 Å². The van der Waals surface area contributed by atoms with Gasteiger partial charge < -0.3 is 19.7 Å². The highest BCUT2D eigenvalue weighted by atomic mass is 16.6. The summed E-state index contributed by atoms with van der Waals surface area (Å²) < 4.78 is 11.4. The van der Waals surface area contributed by atoms with E-state index in [0.717, 1.165) is 25.7 Å². The molecule has 1 aromatic rings. The first kappa shape index (κ1) is 22.1. The van der Waals surface area contributed by atoms with Crippen molar-refractivity contribution in [3.63, 3.8) is 0 Å². The molecule has 0 bridgehead atoms. The van der Waals surface area contributed by atoms with Gasteiger partial charge in [-0.05, 0) is 46.5 Å². The van der Waals surface area contributed by atoms with Crippen molar-refractivity contribution in [2.45, 2.75) is 77.9 Å². The number of piperidine rings is 1. The number of carbonyl (C=O) groups is 1. The Hall–Kier alpha value is -2.56. The average Bonchev–Trinajstić information content (AvgIpc) is 3.13. The number of nitrogens with zero attached hydrogens (tertiary/aromatic N) is 4. The van der Waals surface area contributed by atoms with Crippen LogP contribution in [0.2, 0.25) is 0 Å². The SMILES string of the molecule is CC1(COc2nc(NC3CCN(C(=O)OC(C)(C)C)CC3)ncc2C#N)CCCC1. The van der Waals surface area contributed by atoms with Crippen LogP contribution in [0.4, 0.5) is 10.7 Å². The smallest absolute Gasteiger partial charge is 0.410 e. The maximum absolute atomic E-state index is 12.2. The van der Waals surface area contributed by atoms with E-state index in [-0.39, 0.29) is 17.6 Å². The Morgan fingerprint density at radius 3 is 2.60 bits per heavy atom. The van der Waals surface area contributed by atoms with Crippen molar-refractivity contribution in [3.8, 4) is 11.9 Å². The zero-order chi connectivity index (χ0) is 21.8. The molecule has 3 rings (SSSR count). The summed E-state index contributed by atoms with van der Waals surface area (Å²) in [6.07, 6.45) is 7.52. The van der Waals surface area contributed by atoms with Crippen molar-refractivity contribution in [3.05, 3.63) is 11.8 Å². The van der Waals surface area contributed by atoms with E-state index in [1.54, 1.807) is 4.90 Å². The first-order valence-corrected chi connectivity index (χ1v) is 10.8. The zero-order valence-corrected chi connectivity index (χ0v) is 18.5. The highest BCUT2D eigenvalue weighted by Crippen LogP contribution is 2.38. The van der Waals surface area contributed by atoms with Gasteiger partial charge in [0.05, 0.1) is 12.8 Å². The third-order valence-electron chi connectivity index (χ3n) is 5.72. The molecule has 1 aromatic heterocycles. The van der Waals surface area contributed by atoms with Crippen LogP contribution >= 0.6 is 0 Å². The molecule has 2 fully saturated rings. The predicted molar refractivity (Wildman–Crippen MR) is 113 cm³/mol. The van der Waals surface area contributed by atoms with Gasteiger partial charge in [-0.3, -0.25) is 0 Å². The maximum atomic E-state index is 12.2. The van der Waals surface area contributed by atoms with E-state index in [4.69, 9.17) is 9.47 Å². The molecule has 0 atom stereocenters. The summed E-state index contributed by atoms with van der Waals surface area (Å²) in [5, 5.41) is 12.7. The van der Waals surface area contributed by atoms with Crippen LogP contribution in [0.25, 0.3) is 0 Å². The molecule has 1 amide bonds. The van der Waals surface area contributed by atoms with Crippen LogP contribution in [0, 0.1) is 16.7 Å². The van der Waals surface area contributed by atoms with Gasteiger partial charge >= 0.3 is 6.09 Å². The van der Waals surface area contributed by atoms with Gasteiger partial charge in [0, 0.05) is 24.5 Å². The highest BCUT2D eigenvalue weighted by Gasteiger charge is 2.30. The molecule has 8 heteroatoms. The lowest BCUT2D eigenvalue weighted by Crippen LogP contribution is -2.44. The molecule has 1 saturated carbocycles.